The van der Waals surface area contributed by atoms with Crippen molar-refractivity contribution in [3.8, 4) is 5.88 Å². The fourth-order valence-corrected chi connectivity index (χ4v) is 5.15. The van der Waals surface area contributed by atoms with E-state index in [9.17, 15) is 8.42 Å². The summed E-state index contributed by atoms with van der Waals surface area (Å²) in [5.74, 6) is 0.722. The molecule has 154 valence electrons. The van der Waals surface area contributed by atoms with Crippen LogP contribution in [-0.4, -0.2) is 41.7 Å². The number of ether oxygens (including phenoxy) is 2. The molecule has 0 amide bonds. The largest absolute Gasteiger partial charge is 0.473 e. The molecule has 1 unspecified atom stereocenters. The number of benzene rings is 1. The molecule has 0 saturated carbocycles. The number of anilines is 1. The Morgan fingerprint density at radius 1 is 1.24 bits per heavy atom. The van der Waals surface area contributed by atoms with E-state index in [1.165, 1.54) is 12.1 Å². The van der Waals surface area contributed by atoms with Gasteiger partial charge in [-0.3, -0.25) is 0 Å². The first-order valence-electron chi connectivity index (χ1n) is 9.44. The van der Waals surface area contributed by atoms with E-state index >= 15 is 0 Å². The van der Waals surface area contributed by atoms with Gasteiger partial charge < -0.3 is 20.2 Å². The minimum atomic E-state index is -3.86. The summed E-state index contributed by atoms with van der Waals surface area (Å²) in [6.07, 6.45) is 1.32. The SMILES string of the molecule is Cc1nc(OC2CCOC(C)(C)C2)c2[nH]c(N)c(S(=O)(=O)c3ccccc3)c2n1. The molecule has 0 spiro atoms. The standard InChI is InChI=1S/C20H24N4O4S/c1-12-22-15-16(19(23-12)28-13-9-10-27-20(2,3)11-13)24-18(21)17(15)29(25,26)14-7-5-4-6-8-14/h4-8,13,24H,9-11,21H2,1-3H3. The van der Waals surface area contributed by atoms with Gasteiger partial charge in [0.15, 0.2) is 0 Å². The van der Waals surface area contributed by atoms with E-state index in [0.29, 0.717) is 30.2 Å². The Labute approximate surface area is 169 Å². The lowest BCUT2D eigenvalue weighted by molar-refractivity contribution is -0.0902. The number of nitrogen functional groups attached to an aromatic ring is 1. The van der Waals surface area contributed by atoms with E-state index in [0.717, 1.165) is 6.42 Å². The quantitative estimate of drug-likeness (QED) is 0.671. The van der Waals surface area contributed by atoms with Gasteiger partial charge in [-0.1, -0.05) is 18.2 Å². The van der Waals surface area contributed by atoms with Crippen molar-refractivity contribution in [3.05, 3.63) is 36.2 Å². The second kappa shape index (κ2) is 7.00. The summed E-state index contributed by atoms with van der Waals surface area (Å²) < 4.78 is 38.3. The zero-order valence-corrected chi connectivity index (χ0v) is 17.4. The molecule has 8 nitrogen and oxygen atoms in total. The van der Waals surface area contributed by atoms with Crippen LogP contribution >= 0.6 is 0 Å². The van der Waals surface area contributed by atoms with Crippen molar-refractivity contribution in [3.63, 3.8) is 0 Å². The Morgan fingerprint density at radius 2 is 1.97 bits per heavy atom. The number of nitrogens with zero attached hydrogens (tertiary/aromatic N) is 2. The first kappa shape index (κ1) is 19.7. The molecule has 9 heteroatoms. The third kappa shape index (κ3) is 3.67. The van der Waals surface area contributed by atoms with Crippen LogP contribution in [0.4, 0.5) is 5.82 Å². The van der Waals surface area contributed by atoms with E-state index in [2.05, 4.69) is 15.0 Å². The highest BCUT2D eigenvalue weighted by molar-refractivity contribution is 7.92. The zero-order valence-electron chi connectivity index (χ0n) is 16.6. The van der Waals surface area contributed by atoms with Crippen LogP contribution in [0.3, 0.4) is 0 Å². The van der Waals surface area contributed by atoms with Gasteiger partial charge in [0, 0.05) is 12.8 Å². The van der Waals surface area contributed by atoms with Crippen molar-refractivity contribution in [2.24, 2.45) is 0 Å². The van der Waals surface area contributed by atoms with Gasteiger partial charge in [0.1, 0.15) is 33.7 Å². The van der Waals surface area contributed by atoms with Gasteiger partial charge in [-0.25, -0.2) is 13.4 Å². The summed E-state index contributed by atoms with van der Waals surface area (Å²) in [6.45, 7) is 6.31. The highest BCUT2D eigenvalue weighted by atomic mass is 32.2. The third-order valence-electron chi connectivity index (χ3n) is 4.96. The lowest BCUT2D eigenvalue weighted by atomic mass is 9.96. The zero-order chi connectivity index (χ0) is 20.8. The Bertz CT molecular complexity index is 1160. The monoisotopic (exact) mass is 416 g/mol. The fraction of sp³-hybridized carbons (Fsp3) is 0.400. The molecule has 4 rings (SSSR count). The Morgan fingerprint density at radius 3 is 2.66 bits per heavy atom. The molecular formula is C20H24N4O4S. The van der Waals surface area contributed by atoms with E-state index in [-0.39, 0.29) is 32.8 Å². The number of sulfone groups is 1. The minimum Gasteiger partial charge on any atom is -0.473 e. The molecule has 1 atom stereocenters. The number of aromatic nitrogens is 3. The fourth-order valence-electron chi connectivity index (χ4n) is 3.65. The van der Waals surface area contributed by atoms with E-state index in [1.54, 1.807) is 25.1 Å². The highest BCUT2D eigenvalue weighted by Gasteiger charge is 2.32. The molecule has 3 N–H and O–H groups in total. The van der Waals surface area contributed by atoms with Crippen LogP contribution in [0.2, 0.25) is 0 Å². The smallest absolute Gasteiger partial charge is 0.242 e. The summed E-state index contributed by atoms with van der Waals surface area (Å²) in [5.41, 5.74) is 6.42. The molecule has 2 aromatic heterocycles. The van der Waals surface area contributed by atoms with Crippen LogP contribution in [0.25, 0.3) is 11.0 Å². The number of nitrogens with two attached hydrogens (primary N) is 1. The van der Waals surface area contributed by atoms with Crippen molar-refractivity contribution in [2.75, 3.05) is 12.3 Å². The molecule has 0 radical (unpaired) electrons. The lowest BCUT2D eigenvalue weighted by Gasteiger charge is -2.35. The molecule has 3 aromatic rings. The molecule has 1 aliphatic heterocycles. The summed E-state index contributed by atoms with van der Waals surface area (Å²) in [7, 11) is -3.86. The first-order chi connectivity index (χ1) is 13.7. The Kier molecular flexibility index (Phi) is 4.74. The van der Waals surface area contributed by atoms with Crippen molar-refractivity contribution in [1.29, 1.82) is 0 Å². The second-order valence-corrected chi connectivity index (χ2v) is 9.71. The predicted octanol–water partition coefficient (Wildman–Crippen LogP) is 3.02. The van der Waals surface area contributed by atoms with Gasteiger partial charge >= 0.3 is 0 Å². The molecule has 3 heterocycles. The van der Waals surface area contributed by atoms with Crippen molar-refractivity contribution in [2.45, 2.75) is 55.1 Å². The molecule has 1 fully saturated rings. The number of nitrogens with one attached hydrogen (secondary N) is 1. The molecule has 1 aliphatic rings. The van der Waals surface area contributed by atoms with Crippen LogP contribution in [-0.2, 0) is 14.6 Å². The average Bonchev–Trinajstić information content (AvgIpc) is 2.98. The molecule has 1 saturated heterocycles. The topological polar surface area (TPSA) is 120 Å². The maximum absolute atomic E-state index is 13.2. The van der Waals surface area contributed by atoms with Crippen LogP contribution in [0.5, 0.6) is 5.88 Å². The van der Waals surface area contributed by atoms with E-state index < -0.39 is 9.84 Å². The van der Waals surface area contributed by atoms with Gasteiger partial charge in [0.25, 0.3) is 0 Å². The predicted molar refractivity (Wildman–Crippen MR) is 109 cm³/mol. The number of aromatic amines is 1. The summed E-state index contributed by atoms with van der Waals surface area (Å²) in [4.78, 5) is 11.8. The molecule has 0 aliphatic carbocycles. The van der Waals surface area contributed by atoms with Crippen molar-refractivity contribution >= 4 is 26.7 Å². The van der Waals surface area contributed by atoms with Crippen LogP contribution < -0.4 is 10.5 Å². The number of hydrogen-bond acceptors (Lipinski definition) is 7. The number of fused-ring (bicyclic) bond motifs is 1. The maximum atomic E-state index is 13.2. The lowest BCUT2D eigenvalue weighted by Crippen LogP contribution is -2.39. The van der Waals surface area contributed by atoms with Crippen LogP contribution in [0.15, 0.2) is 40.1 Å². The Balaban J connectivity index is 1.81. The van der Waals surface area contributed by atoms with Crippen LogP contribution in [0, 0.1) is 6.92 Å². The summed E-state index contributed by atoms with van der Waals surface area (Å²) in [5, 5.41) is 0. The van der Waals surface area contributed by atoms with Crippen molar-refractivity contribution in [1.82, 2.24) is 15.0 Å². The Hall–Kier alpha value is -2.65. The van der Waals surface area contributed by atoms with Crippen molar-refractivity contribution < 1.29 is 17.9 Å². The van der Waals surface area contributed by atoms with Crippen LogP contribution in [0.1, 0.15) is 32.5 Å². The van der Waals surface area contributed by atoms with E-state index in [1.807, 2.05) is 13.8 Å². The van der Waals surface area contributed by atoms with Gasteiger partial charge in [0.2, 0.25) is 15.7 Å². The first-order valence-corrected chi connectivity index (χ1v) is 10.9. The molecule has 0 bridgehead atoms. The molecule has 1 aromatic carbocycles. The summed E-state index contributed by atoms with van der Waals surface area (Å²) in [6, 6.07) is 8.15. The highest BCUT2D eigenvalue weighted by Crippen LogP contribution is 2.36. The van der Waals surface area contributed by atoms with Gasteiger partial charge in [0.05, 0.1) is 17.1 Å². The van der Waals surface area contributed by atoms with Gasteiger partial charge in [-0.05, 0) is 32.9 Å². The minimum absolute atomic E-state index is 0.0147. The number of aryl methyl sites for hydroxylation is 1. The molecular weight excluding hydrogens is 392 g/mol. The normalized spacial score (nSPS) is 19.3. The van der Waals surface area contributed by atoms with E-state index in [4.69, 9.17) is 15.2 Å². The maximum Gasteiger partial charge on any atom is 0.242 e. The summed E-state index contributed by atoms with van der Waals surface area (Å²) >= 11 is 0. The van der Waals surface area contributed by atoms with Gasteiger partial charge in [-0.15, -0.1) is 0 Å². The second-order valence-electron chi connectivity index (χ2n) is 7.82. The van der Waals surface area contributed by atoms with Gasteiger partial charge in [-0.2, -0.15) is 4.98 Å². The average molecular weight is 417 g/mol. The third-order valence-corrected chi connectivity index (χ3v) is 6.80. The number of hydrogen-bond donors (Lipinski definition) is 2. The molecule has 29 heavy (non-hydrogen) atoms. The number of rotatable bonds is 4. The number of H-pyrrole nitrogens is 1.